The third-order valence-electron chi connectivity index (χ3n) is 3.28. The van der Waals surface area contributed by atoms with Gasteiger partial charge in [0, 0.05) is 37.5 Å². The summed E-state index contributed by atoms with van der Waals surface area (Å²) in [6.45, 7) is 1.62. The number of thiophene rings is 1. The number of aliphatic imine (C=N–C) groups is 1. The molecule has 21 heavy (non-hydrogen) atoms. The van der Waals surface area contributed by atoms with Gasteiger partial charge in [-0.05, 0) is 37.1 Å². The number of carbonyl (C=O) groups is 1. The number of nitrogens with zero attached hydrogens (tertiary/aromatic N) is 1. The number of hydrogen-bond donors (Lipinski definition) is 3. The van der Waals surface area contributed by atoms with Crippen LogP contribution in [0, 0.1) is 0 Å². The van der Waals surface area contributed by atoms with Gasteiger partial charge in [-0.3, -0.25) is 9.79 Å². The Hall–Kier alpha value is -1.56. The van der Waals surface area contributed by atoms with Crippen LogP contribution in [0.3, 0.4) is 0 Å². The molecule has 1 aliphatic carbocycles. The van der Waals surface area contributed by atoms with Gasteiger partial charge in [0.25, 0.3) is 0 Å². The van der Waals surface area contributed by atoms with E-state index in [-0.39, 0.29) is 5.91 Å². The van der Waals surface area contributed by atoms with E-state index in [0.717, 1.165) is 44.7 Å². The summed E-state index contributed by atoms with van der Waals surface area (Å²) in [6.07, 6.45) is 4.69. The van der Waals surface area contributed by atoms with Gasteiger partial charge in [-0.15, -0.1) is 11.3 Å². The third kappa shape index (κ3) is 6.62. The first kappa shape index (κ1) is 15.8. The molecule has 3 N–H and O–H groups in total. The Morgan fingerprint density at radius 3 is 2.86 bits per heavy atom. The maximum atomic E-state index is 11.5. The van der Waals surface area contributed by atoms with Crippen LogP contribution in [0.15, 0.2) is 22.5 Å². The summed E-state index contributed by atoms with van der Waals surface area (Å²) >= 11 is 1.77. The lowest BCUT2D eigenvalue weighted by atomic mass is 10.3. The lowest BCUT2D eigenvalue weighted by molar-refractivity contribution is -0.121. The predicted molar refractivity (Wildman–Crippen MR) is 87.8 cm³/mol. The second-order valence-electron chi connectivity index (χ2n) is 5.20. The molecule has 0 saturated heterocycles. The molecule has 0 spiro atoms. The summed E-state index contributed by atoms with van der Waals surface area (Å²) in [5.74, 6) is 0.967. The fraction of sp³-hybridized carbons (Fsp3) is 0.600. The molecule has 1 heterocycles. The highest BCUT2D eigenvalue weighted by atomic mass is 32.1. The molecule has 1 aromatic heterocycles. The van der Waals surface area contributed by atoms with E-state index in [4.69, 9.17) is 0 Å². The summed E-state index contributed by atoms with van der Waals surface area (Å²) in [5.41, 5.74) is 0. The van der Waals surface area contributed by atoms with Crippen molar-refractivity contribution in [3.05, 3.63) is 22.4 Å². The molecule has 0 radical (unpaired) electrons. The zero-order valence-electron chi connectivity index (χ0n) is 12.5. The van der Waals surface area contributed by atoms with Crippen molar-refractivity contribution in [1.82, 2.24) is 16.0 Å². The van der Waals surface area contributed by atoms with Crippen LogP contribution in [-0.2, 0) is 11.2 Å². The minimum atomic E-state index is 0.167. The van der Waals surface area contributed by atoms with Crippen molar-refractivity contribution in [1.29, 1.82) is 0 Å². The average molecular weight is 308 g/mol. The van der Waals surface area contributed by atoms with Crippen LogP contribution < -0.4 is 16.0 Å². The summed E-state index contributed by atoms with van der Waals surface area (Å²) in [5, 5.41) is 11.6. The highest BCUT2D eigenvalue weighted by Gasteiger charge is 2.22. The molecule has 1 amide bonds. The monoisotopic (exact) mass is 308 g/mol. The molecule has 1 aliphatic rings. The number of hydrogen-bond acceptors (Lipinski definition) is 3. The number of carbonyl (C=O) groups excluding carboxylic acids is 1. The minimum Gasteiger partial charge on any atom is -0.356 e. The standard InChI is InChI=1S/C15H24N4OS/c1-16-15(18-10-8-13-4-3-11-21-13)17-9-2-5-14(20)19-12-6-7-12/h3-4,11-12H,2,5-10H2,1H3,(H,19,20)(H2,16,17,18). The summed E-state index contributed by atoms with van der Waals surface area (Å²) in [4.78, 5) is 17.1. The first-order chi connectivity index (χ1) is 10.3. The summed E-state index contributed by atoms with van der Waals surface area (Å²) < 4.78 is 0. The van der Waals surface area contributed by atoms with Gasteiger partial charge < -0.3 is 16.0 Å². The second kappa shape index (κ2) is 8.67. The lowest BCUT2D eigenvalue weighted by Gasteiger charge is -2.11. The maximum Gasteiger partial charge on any atom is 0.220 e. The number of nitrogens with one attached hydrogen (secondary N) is 3. The molecule has 0 atom stereocenters. The van der Waals surface area contributed by atoms with Crippen LogP contribution in [-0.4, -0.2) is 38.0 Å². The topological polar surface area (TPSA) is 65.5 Å². The third-order valence-corrected chi connectivity index (χ3v) is 4.22. The largest absolute Gasteiger partial charge is 0.356 e. The highest BCUT2D eigenvalue weighted by Crippen LogP contribution is 2.18. The lowest BCUT2D eigenvalue weighted by Crippen LogP contribution is -2.39. The second-order valence-corrected chi connectivity index (χ2v) is 6.23. The van der Waals surface area contributed by atoms with E-state index in [9.17, 15) is 4.79 Å². The Labute approximate surface area is 130 Å². The summed E-state index contributed by atoms with van der Waals surface area (Å²) in [7, 11) is 1.76. The van der Waals surface area contributed by atoms with Gasteiger partial charge in [0.05, 0.1) is 0 Å². The smallest absolute Gasteiger partial charge is 0.220 e. The SMILES string of the molecule is CN=C(NCCCC(=O)NC1CC1)NCCc1cccs1. The number of rotatable bonds is 8. The van der Waals surface area contributed by atoms with E-state index in [0.29, 0.717) is 12.5 Å². The molecule has 5 nitrogen and oxygen atoms in total. The highest BCUT2D eigenvalue weighted by molar-refractivity contribution is 7.09. The average Bonchev–Trinajstić information content (AvgIpc) is 3.14. The first-order valence-electron chi connectivity index (χ1n) is 7.54. The van der Waals surface area contributed by atoms with Crippen molar-refractivity contribution >= 4 is 23.2 Å². The zero-order valence-corrected chi connectivity index (χ0v) is 13.3. The quantitative estimate of drug-likeness (QED) is 0.387. The van der Waals surface area contributed by atoms with Crippen LogP contribution in [0.25, 0.3) is 0 Å². The molecular weight excluding hydrogens is 284 g/mol. The molecule has 0 aromatic carbocycles. The van der Waals surface area contributed by atoms with Crippen molar-refractivity contribution in [2.24, 2.45) is 4.99 Å². The molecule has 1 aromatic rings. The molecule has 1 fully saturated rings. The Morgan fingerprint density at radius 2 is 2.19 bits per heavy atom. The molecule has 0 bridgehead atoms. The van der Waals surface area contributed by atoms with E-state index < -0.39 is 0 Å². The fourth-order valence-electron chi connectivity index (χ4n) is 1.96. The first-order valence-corrected chi connectivity index (χ1v) is 8.42. The molecule has 6 heteroatoms. The van der Waals surface area contributed by atoms with Crippen molar-refractivity contribution in [2.75, 3.05) is 20.1 Å². The van der Waals surface area contributed by atoms with Crippen LogP contribution in [0.2, 0.25) is 0 Å². The number of amides is 1. The van der Waals surface area contributed by atoms with E-state index in [2.05, 4.69) is 38.5 Å². The van der Waals surface area contributed by atoms with E-state index >= 15 is 0 Å². The van der Waals surface area contributed by atoms with Gasteiger partial charge in [-0.1, -0.05) is 6.07 Å². The number of guanidine groups is 1. The van der Waals surface area contributed by atoms with Gasteiger partial charge in [-0.25, -0.2) is 0 Å². The molecule has 2 rings (SSSR count). The Bertz CT molecular complexity index is 454. The van der Waals surface area contributed by atoms with Crippen molar-refractivity contribution < 1.29 is 4.79 Å². The Kier molecular flexibility index (Phi) is 6.53. The van der Waals surface area contributed by atoms with E-state index in [1.165, 1.54) is 4.88 Å². The molecule has 0 aliphatic heterocycles. The van der Waals surface area contributed by atoms with E-state index in [1.807, 2.05) is 0 Å². The van der Waals surface area contributed by atoms with Crippen molar-refractivity contribution in [3.8, 4) is 0 Å². The van der Waals surface area contributed by atoms with Gasteiger partial charge in [0.2, 0.25) is 5.91 Å². The molecule has 116 valence electrons. The van der Waals surface area contributed by atoms with Gasteiger partial charge >= 0.3 is 0 Å². The zero-order chi connectivity index (χ0) is 14.9. The maximum absolute atomic E-state index is 11.5. The fourth-order valence-corrected chi connectivity index (χ4v) is 2.67. The molecular formula is C15H24N4OS. The van der Waals surface area contributed by atoms with Gasteiger partial charge in [-0.2, -0.15) is 0 Å². The summed E-state index contributed by atoms with van der Waals surface area (Å²) in [6, 6.07) is 4.66. The molecule has 1 saturated carbocycles. The molecule has 0 unspecified atom stereocenters. The normalized spacial score (nSPS) is 14.8. The van der Waals surface area contributed by atoms with Crippen LogP contribution >= 0.6 is 11.3 Å². The van der Waals surface area contributed by atoms with Gasteiger partial charge in [0.1, 0.15) is 0 Å². The van der Waals surface area contributed by atoms with Crippen LogP contribution in [0.1, 0.15) is 30.6 Å². The van der Waals surface area contributed by atoms with Crippen molar-refractivity contribution in [3.63, 3.8) is 0 Å². The Balaban J connectivity index is 1.51. The van der Waals surface area contributed by atoms with Crippen LogP contribution in [0.5, 0.6) is 0 Å². The van der Waals surface area contributed by atoms with E-state index in [1.54, 1.807) is 18.4 Å². The predicted octanol–water partition coefficient (Wildman–Crippen LogP) is 1.51. The van der Waals surface area contributed by atoms with Crippen LogP contribution in [0.4, 0.5) is 0 Å². The van der Waals surface area contributed by atoms with Gasteiger partial charge in [0.15, 0.2) is 5.96 Å². The minimum absolute atomic E-state index is 0.167. The Morgan fingerprint density at radius 1 is 1.38 bits per heavy atom. The van der Waals surface area contributed by atoms with Crippen molar-refractivity contribution in [2.45, 2.75) is 38.1 Å².